The average Bonchev–Trinajstić information content (AvgIpc) is 3.19. The molecular weight excluding hydrogens is 380 g/mol. The lowest BCUT2D eigenvalue weighted by Gasteiger charge is -2.33. The van der Waals surface area contributed by atoms with Gasteiger partial charge in [-0.1, -0.05) is 24.3 Å². The quantitative estimate of drug-likeness (QED) is 0.690. The van der Waals surface area contributed by atoms with Crippen molar-refractivity contribution in [2.45, 2.75) is 55.6 Å². The van der Waals surface area contributed by atoms with E-state index in [0.717, 1.165) is 22.6 Å². The minimum atomic E-state index is -1.24. The first-order valence-corrected chi connectivity index (χ1v) is 11.1. The summed E-state index contributed by atoms with van der Waals surface area (Å²) in [5.74, 6) is 0.638. The minimum absolute atomic E-state index is 0.281. The lowest BCUT2D eigenvalue weighted by Crippen LogP contribution is -2.47. The fraction of sp³-hybridized carbons (Fsp3) is 0.588. The molecule has 0 amide bonds. The van der Waals surface area contributed by atoms with Gasteiger partial charge in [-0.25, -0.2) is 8.93 Å². The Morgan fingerprint density at radius 1 is 1.54 bits per heavy atom. The van der Waals surface area contributed by atoms with Crippen molar-refractivity contribution >= 4 is 51.8 Å². The molecule has 1 fully saturated rings. The number of rotatable bonds is 7. The van der Waals surface area contributed by atoms with Gasteiger partial charge in [0.25, 0.3) is 0 Å². The van der Waals surface area contributed by atoms with E-state index in [2.05, 4.69) is 17.4 Å². The Morgan fingerprint density at radius 2 is 2.17 bits per heavy atom. The molecule has 1 aliphatic carbocycles. The second-order valence-electron chi connectivity index (χ2n) is 7.24. The molecule has 1 heterocycles. The molecule has 0 aromatic carbocycles. The smallest absolute Gasteiger partial charge is 0.103 e. The number of hydrogen-bond acceptors (Lipinski definition) is 4. The summed E-state index contributed by atoms with van der Waals surface area (Å²) in [4.78, 5) is 1.92. The zero-order valence-corrected chi connectivity index (χ0v) is 17.6. The topological polar surface area (TPSA) is 52.9 Å². The van der Waals surface area contributed by atoms with Gasteiger partial charge in [-0.15, -0.1) is 23.1 Å². The monoisotopic (exact) mass is 402 g/mol. The lowest BCUT2D eigenvalue weighted by molar-refractivity contribution is 0.505. The molecule has 24 heavy (non-hydrogen) atoms. The number of thioether (sulfide) groups is 1. The van der Waals surface area contributed by atoms with Crippen LogP contribution in [0.1, 0.15) is 50.3 Å². The van der Waals surface area contributed by atoms with Crippen LogP contribution in [0.15, 0.2) is 12.6 Å². The molecule has 1 aromatic rings. The number of hydrogen-bond donors (Lipinski definition) is 1. The summed E-state index contributed by atoms with van der Waals surface area (Å²) in [6.07, 6.45) is 3.61. The Labute approximate surface area is 160 Å². The van der Waals surface area contributed by atoms with E-state index in [-0.39, 0.29) is 9.49 Å². The Kier molecular flexibility index (Phi) is 5.94. The van der Waals surface area contributed by atoms with Gasteiger partial charge in [-0.3, -0.25) is 0 Å². The van der Waals surface area contributed by atoms with Crippen molar-refractivity contribution in [3.63, 3.8) is 0 Å². The summed E-state index contributed by atoms with van der Waals surface area (Å²) in [6, 6.07) is 4.29. The molecule has 0 spiro atoms. The number of nitriles is 1. The summed E-state index contributed by atoms with van der Waals surface area (Å²) >= 11 is 9.64. The third kappa shape index (κ3) is 4.44. The first-order valence-electron chi connectivity index (χ1n) is 7.72. The Hall–Kier alpha value is -0.320. The first kappa shape index (κ1) is 20.0. The fourth-order valence-corrected chi connectivity index (χ4v) is 5.93. The van der Waals surface area contributed by atoms with Crippen molar-refractivity contribution in [1.29, 1.82) is 5.26 Å². The van der Waals surface area contributed by atoms with E-state index >= 15 is 0 Å². The largest absolute Gasteiger partial charge is 0.242 e. The predicted molar refractivity (Wildman–Crippen MR) is 108 cm³/mol. The Morgan fingerprint density at radius 3 is 2.58 bits per heavy atom. The lowest BCUT2D eigenvalue weighted by atomic mass is 10.1. The molecule has 2 atom stereocenters. The molecule has 3 nitrogen and oxygen atoms in total. The summed E-state index contributed by atoms with van der Waals surface area (Å²) in [5, 5.41) is 10.00. The zero-order chi connectivity index (χ0) is 18.2. The van der Waals surface area contributed by atoms with Crippen molar-refractivity contribution in [2.24, 2.45) is 0 Å². The maximum Gasteiger partial charge on any atom is 0.103 e. The SMILES string of the molecule is C=Cc1cc(Cl)c(C(C)(CSC2(C#N)CC2)NS(=O)C(C)(C)C)s1. The van der Waals surface area contributed by atoms with Crippen molar-refractivity contribution in [3.05, 3.63) is 27.4 Å². The van der Waals surface area contributed by atoms with Crippen molar-refractivity contribution < 1.29 is 4.21 Å². The van der Waals surface area contributed by atoms with Crippen LogP contribution in [0.3, 0.4) is 0 Å². The van der Waals surface area contributed by atoms with Crippen LogP contribution in [-0.2, 0) is 16.5 Å². The minimum Gasteiger partial charge on any atom is -0.242 e. The van der Waals surface area contributed by atoms with E-state index in [9.17, 15) is 9.47 Å². The highest BCUT2D eigenvalue weighted by Gasteiger charge is 2.46. The van der Waals surface area contributed by atoms with E-state index in [1.165, 1.54) is 0 Å². The van der Waals surface area contributed by atoms with E-state index in [0.29, 0.717) is 10.8 Å². The van der Waals surface area contributed by atoms with Crippen LogP contribution in [-0.4, -0.2) is 19.5 Å². The maximum atomic E-state index is 12.7. The van der Waals surface area contributed by atoms with Crippen molar-refractivity contribution in [2.75, 3.05) is 5.75 Å². The second kappa shape index (κ2) is 7.13. The molecule has 0 bridgehead atoms. The van der Waals surface area contributed by atoms with E-state index in [1.807, 2.05) is 33.8 Å². The highest BCUT2D eigenvalue weighted by molar-refractivity contribution is 8.01. The highest BCUT2D eigenvalue weighted by Crippen LogP contribution is 2.50. The first-order chi connectivity index (χ1) is 11.1. The Balaban J connectivity index is 2.32. The van der Waals surface area contributed by atoms with Gasteiger partial charge < -0.3 is 0 Å². The van der Waals surface area contributed by atoms with Gasteiger partial charge in [0.1, 0.15) is 4.75 Å². The van der Waals surface area contributed by atoms with Crippen LogP contribution in [0, 0.1) is 11.3 Å². The maximum absolute atomic E-state index is 12.7. The standard InChI is InChI=1S/C17H23ClN2OS3/c1-6-12-9-13(18)14(23-12)16(5,20-24(21)15(2,3)4)11-22-17(10-19)7-8-17/h6,9,20H,1,7-8,11H2,2-5H3. The van der Waals surface area contributed by atoms with Crippen molar-refractivity contribution in [3.8, 4) is 6.07 Å². The van der Waals surface area contributed by atoms with Gasteiger partial charge in [0.2, 0.25) is 0 Å². The molecule has 1 aliphatic rings. The van der Waals surface area contributed by atoms with Gasteiger partial charge in [0, 0.05) is 15.5 Å². The van der Waals surface area contributed by atoms with Crippen LogP contribution in [0.5, 0.6) is 0 Å². The number of thiophene rings is 1. The molecule has 0 aliphatic heterocycles. The van der Waals surface area contributed by atoms with Crippen LogP contribution in [0.25, 0.3) is 6.08 Å². The van der Waals surface area contributed by atoms with Crippen LogP contribution >= 0.6 is 34.7 Å². The molecule has 2 rings (SSSR count). The highest BCUT2D eigenvalue weighted by atomic mass is 35.5. The fourth-order valence-electron chi connectivity index (χ4n) is 2.05. The van der Waals surface area contributed by atoms with E-state index < -0.39 is 16.5 Å². The average molecular weight is 403 g/mol. The number of nitrogens with zero attached hydrogens (tertiary/aromatic N) is 1. The number of nitrogens with one attached hydrogen (secondary N) is 1. The molecule has 1 aromatic heterocycles. The van der Waals surface area contributed by atoms with Crippen LogP contribution in [0.4, 0.5) is 0 Å². The summed E-state index contributed by atoms with van der Waals surface area (Å²) < 4.78 is 15.3. The summed E-state index contributed by atoms with van der Waals surface area (Å²) in [5.41, 5.74) is -0.571. The normalized spacial score (nSPS) is 20.0. The van der Waals surface area contributed by atoms with Gasteiger partial charge in [0.05, 0.1) is 32.4 Å². The van der Waals surface area contributed by atoms with E-state index in [4.69, 9.17) is 11.6 Å². The zero-order valence-electron chi connectivity index (χ0n) is 14.4. The molecule has 132 valence electrons. The second-order valence-corrected chi connectivity index (χ2v) is 12.1. The third-order valence-electron chi connectivity index (χ3n) is 3.83. The molecule has 1 N–H and O–H groups in total. The molecule has 1 saturated carbocycles. The van der Waals surface area contributed by atoms with Crippen molar-refractivity contribution in [1.82, 2.24) is 4.72 Å². The summed E-state index contributed by atoms with van der Waals surface area (Å²) in [6.45, 7) is 11.6. The summed E-state index contributed by atoms with van der Waals surface area (Å²) in [7, 11) is -1.24. The van der Waals surface area contributed by atoms with Crippen LogP contribution < -0.4 is 4.72 Å². The molecule has 7 heteroatoms. The number of halogens is 1. The van der Waals surface area contributed by atoms with E-state index in [1.54, 1.807) is 29.2 Å². The predicted octanol–water partition coefficient (Wildman–Crippen LogP) is 5.10. The molecule has 0 saturated heterocycles. The molecule has 0 radical (unpaired) electrons. The molecular formula is C17H23ClN2OS3. The molecule has 2 unspecified atom stereocenters. The van der Waals surface area contributed by atoms with Gasteiger partial charge in [-0.2, -0.15) is 5.26 Å². The van der Waals surface area contributed by atoms with Gasteiger partial charge in [0.15, 0.2) is 0 Å². The van der Waals surface area contributed by atoms with Gasteiger partial charge >= 0.3 is 0 Å². The third-order valence-corrected chi connectivity index (χ3v) is 9.15. The van der Waals surface area contributed by atoms with Gasteiger partial charge in [-0.05, 0) is 46.6 Å². The Bertz CT molecular complexity index is 698. The van der Waals surface area contributed by atoms with Crippen LogP contribution in [0.2, 0.25) is 5.02 Å².